The van der Waals surface area contributed by atoms with E-state index in [1.165, 1.54) is 10.5 Å². The lowest BCUT2D eigenvalue weighted by Gasteiger charge is -2.25. The summed E-state index contributed by atoms with van der Waals surface area (Å²) in [5.74, 6) is 1.01. The summed E-state index contributed by atoms with van der Waals surface area (Å²) in [5.41, 5.74) is 1.38. The van der Waals surface area contributed by atoms with E-state index in [-0.39, 0.29) is 12.0 Å². The Labute approximate surface area is 112 Å². The van der Waals surface area contributed by atoms with Crippen molar-refractivity contribution in [2.75, 3.05) is 12.9 Å². The third kappa shape index (κ3) is 3.47. The van der Waals surface area contributed by atoms with E-state index >= 15 is 0 Å². The van der Waals surface area contributed by atoms with Crippen LogP contribution in [0.15, 0.2) is 46.9 Å². The first-order chi connectivity index (χ1) is 8.83. The van der Waals surface area contributed by atoms with E-state index in [1.807, 2.05) is 17.8 Å². The highest BCUT2D eigenvalue weighted by Crippen LogP contribution is 2.29. The van der Waals surface area contributed by atoms with Gasteiger partial charge in [0.25, 0.3) is 0 Å². The van der Waals surface area contributed by atoms with E-state index in [0.717, 1.165) is 24.9 Å². The molecule has 0 saturated carbocycles. The molecule has 2 nitrogen and oxygen atoms in total. The van der Waals surface area contributed by atoms with Gasteiger partial charge in [0, 0.05) is 23.7 Å². The summed E-state index contributed by atoms with van der Waals surface area (Å²) >= 11 is 1.84. The SMILES string of the molecule is COC1C=C(CSc2ccccc2)CCC1C=O. The summed E-state index contributed by atoms with van der Waals surface area (Å²) in [6, 6.07) is 10.4. The van der Waals surface area contributed by atoms with Crippen LogP contribution in [-0.2, 0) is 9.53 Å². The molecule has 0 aromatic heterocycles. The van der Waals surface area contributed by atoms with Gasteiger partial charge in [-0.2, -0.15) is 0 Å². The molecule has 0 heterocycles. The maximum atomic E-state index is 10.9. The highest BCUT2D eigenvalue weighted by molar-refractivity contribution is 7.99. The smallest absolute Gasteiger partial charge is 0.126 e. The number of hydrogen-bond acceptors (Lipinski definition) is 3. The van der Waals surface area contributed by atoms with Crippen LogP contribution in [0.25, 0.3) is 0 Å². The van der Waals surface area contributed by atoms with Crippen LogP contribution in [0.2, 0.25) is 0 Å². The molecule has 2 rings (SSSR count). The van der Waals surface area contributed by atoms with Gasteiger partial charge in [0.05, 0.1) is 6.10 Å². The first kappa shape index (κ1) is 13.4. The molecule has 1 aromatic rings. The number of rotatable bonds is 5. The third-order valence-electron chi connectivity index (χ3n) is 3.24. The van der Waals surface area contributed by atoms with E-state index in [0.29, 0.717) is 0 Å². The standard InChI is InChI=1S/C15H18O2S/c1-17-15-9-12(7-8-13(15)10-16)11-18-14-5-3-2-4-6-14/h2-6,9-10,13,15H,7-8,11H2,1H3. The maximum absolute atomic E-state index is 10.9. The van der Waals surface area contributed by atoms with E-state index in [1.54, 1.807) is 7.11 Å². The Balaban J connectivity index is 1.94. The largest absolute Gasteiger partial charge is 0.377 e. The van der Waals surface area contributed by atoms with Gasteiger partial charge in [-0.3, -0.25) is 0 Å². The second-order valence-electron chi connectivity index (χ2n) is 4.47. The zero-order valence-corrected chi connectivity index (χ0v) is 11.4. The van der Waals surface area contributed by atoms with Crippen LogP contribution in [0.3, 0.4) is 0 Å². The fourth-order valence-electron chi connectivity index (χ4n) is 2.16. The van der Waals surface area contributed by atoms with Crippen molar-refractivity contribution in [1.82, 2.24) is 0 Å². The van der Waals surface area contributed by atoms with Crippen molar-refractivity contribution >= 4 is 18.0 Å². The molecule has 0 spiro atoms. The van der Waals surface area contributed by atoms with Crippen LogP contribution < -0.4 is 0 Å². The van der Waals surface area contributed by atoms with Gasteiger partial charge < -0.3 is 9.53 Å². The van der Waals surface area contributed by atoms with Gasteiger partial charge in [0.1, 0.15) is 6.29 Å². The number of ether oxygens (including phenoxy) is 1. The summed E-state index contributed by atoms with van der Waals surface area (Å²) in [6.07, 6.45) is 5.01. The van der Waals surface area contributed by atoms with Crippen LogP contribution in [-0.4, -0.2) is 25.3 Å². The molecule has 0 N–H and O–H groups in total. The monoisotopic (exact) mass is 262 g/mol. The van der Waals surface area contributed by atoms with Crippen molar-refractivity contribution in [2.24, 2.45) is 5.92 Å². The summed E-state index contributed by atoms with van der Waals surface area (Å²) in [7, 11) is 1.67. The van der Waals surface area contributed by atoms with Crippen molar-refractivity contribution in [2.45, 2.75) is 23.8 Å². The minimum absolute atomic E-state index is 0.0282. The molecule has 0 amide bonds. The van der Waals surface area contributed by atoms with Gasteiger partial charge in [-0.05, 0) is 25.0 Å². The minimum atomic E-state index is -0.0392. The molecule has 1 aromatic carbocycles. The van der Waals surface area contributed by atoms with Gasteiger partial charge in [-0.1, -0.05) is 29.8 Å². The van der Waals surface area contributed by atoms with Crippen molar-refractivity contribution in [3.8, 4) is 0 Å². The number of carbonyl (C=O) groups excluding carboxylic acids is 1. The van der Waals surface area contributed by atoms with E-state index in [2.05, 4.69) is 30.3 Å². The van der Waals surface area contributed by atoms with E-state index in [4.69, 9.17) is 4.74 Å². The quantitative estimate of drug-likeness (QED) is 0.462. The normalized spacial score (nSPS) is 23.5. The maximum Gasteiger partial charge on any atom is 0.126 e. The van der Waals surface area contributed by atoms with E-state index in [9.17, 15) is 4.79 Å². The zero-order valence-electron chi connectivity index (χ0n) is 10.5. The molecule has 0 radical (unpaired) electrons. The predicted octanol–water partition coefficient (Wildman–Crippen LogP) is 3.33. The molecule has 1 aliphatic carbocycles. The van der Waals surface area contributed by atoms with Gasteiger partial charge in [-0.25, -0.2) is 0 Å². The molecule has 0 saturated heterocycles. The highest BCUT2D eigenvalue weighted by atomic mass is 32.2. The summed E-state index contributed by atoms with van der Waals surface area (Å²) < 4.78 is 5.36. The lowest BCUT2D eigenvalue weighted by Crippen LogP contribution is -2.26. The minimum Gasteiger partial charge on any atom is -0.377 e. The molecular weight excluding hydrogens is 244 g/mol. The predicted molar refractivity (Wildman–Crippen MR) is 74.8 cm³/mol. The average Bonchev–Trinajstić information content (AvgIpc) is 2.45. The van der Waals surface area contributed by atoms with Crippen LogP contribution >= 0.6 is 11.8 Å². The molecule has 96 valence electrons. The number of hydrogen-bond donors (Lipinski definition) is 0. The lowest BCUT2D eigenvalue weighted by molar-refractivity contribution is -0.114. The summed E-state index contributed by atoms with van der Waals surface area (Å²) in [4.78, 5) is 12.2. The van der Waals surface area contributed by atoms with Gasteiger partial charge in [0.2, 0.25) is 0 Å². The molecule has 1 aliphatic rings. The van der Waals surface area contributed by atoms with Crippen molar-refractivity contribution in [1.29, 1.82) is 0 Å². The van der Waals surface area contributed by atoms with E-state index < -0.39 is 0 Å². The molecular formula is C15H18O2S. The Hall–Kier alpha value is -1.06. The van der Waals surface area contributed by atoms with Crippen molar-refractivity contribution in [3.05, 3.63) is 42.0 Å². The molecule has 3 heteroatoms. The molecule has 2 atom stereocenters. The second kappa shape index (κ2) is 6.76. The highest BCUT2D eigenvalue weighted by Gasteiger charge is 2.23. The second-order valence-corrected chi connectivity index (χ2v) is 5.51. The molecule has 0 fully saturated rings. The summed E-state index contributed by atoms with van der Waals surface area (Å²) in [6.45, 7) is 0. The average molecular weight is 262 g/mol. The van der Waals surface area contributed by atoms with Crippen molar-refractivity contribution in [3.63, 3.8) is 0 Å². The van der Waals surface area contributed by atoms with Crippen LogP contribution in [0, 0.1) is 5.92 Å². The molecule has 0 aliphatic heterocycles. The number of methoxy groups -OCH3 is 1. The molecule has 18 heavy (non-hydrogen) atoms. The van der Waals surface area contributed by atoms with Crippen LogP contribution in [0.1, 0.15) is 12.8 Å². The van der Waals surface area contributed by atoms with Gasteiger partial charge in [0.15, 0.2) is 0 Å². The zero-order chi connectivity index (χ0) is 12.8. The number of carbonyl (C=O) groups is 1. The Morgan fingerprint density at radius 3 is 2.83 bits per heavy atom. The Bertz CT molecular complexity index is 414. The topological polar surface area (TPSA) is 26.3 Å². The number of benzene rings is 1. The Morgan fingerprint density at radius 1 is 1.39 bits per heavy atom. The molecule has 2 unspecified atom stereocenters. The third-order valence-corrected chi connectivity index (χ3v) is 4.36. The lowest BCUT2D eigenvalue weighted by atomic mass is 9.89. The number of thioether (sulfide) groups is 1. The summed E-state index contributed by atoms with van der Waals surface area (Å²) in [5, 5.41) is 0. The van der Waals surface area contributed by atoms with Gasteiger partial charge >= 0.3 is 0 Å². The number of aldehydes is 1. The van der Waals surface area contributed by atoms with Crippen LogP contribution in [0.4, 0.5) is 0 Å². The Kier molecular flexibility index (Phi) is 5.02. The first-order valence-corrected chi connectivity index (χ1v) is 7.17. The fourth-order valence-corrected chi connectivity index (χ4v) is 3.10. The van der Waals surface area contributed by atoms with Crippen LogP contribution in [0.5, 0.6) is 0 Å². The fraction of sp³-hybridized carbons (Fsp3) is 0.400. The molecule has 0 bridgehead atoms. The first-order valence-electron chi connectivity index (χ1n) is 6.19. The van der Waals surface area contributed by atoms with Gasteiger partial charge in [-0.15, -0.1) is 11.8 Å². The Morgan fingerprint density at radius 2 is 2.17 bits per heavy atom. The van der Waals surface area contributed by atoms with Crippen molar-refractivity contribution < 1.29 is 9.53 Å².